The number of carbonyl (C=O) groups excluding carboxylic acids is 2. The molecule has 0 atom stereocenters. The molecule has 0 aromatic heterocycles. The summed E-state index contributed by atoms with van der Waals surface area (Å²) in [5, 5.41) is 0. The Morgan fingerprint density at radius 1 is 0.963 bits per heavy atom. The zero-order valence-corrected chi connectivity index (χ0v) is 16.1. The molecule has 0 fully saturated rings. The molecule has 0 spiro atoms. The number of fused-ring (bicyclic) bond motifs is 1. The van der Waals surface area contributed by atoms with Crippen molar-refractivity contribution in [3.8, 4) is 0 Å². The predicted octanol–water partition coefficient (Wildman–Crippen LogP) is 3.86. The summed E-state index contributed by atoms with van der Waals surface area (Å²) in [4.78, 5) is 29.9. The SMILES string of the molecule is CCCN1C(=O)C(c2ccc(C)c(C)c2)=C(N2CCc3ccccc32)C1=O. The summed E-state index contributed by atoms with van der Waals surface area (Å²) in [5.41, 5.74) is 6.45. The van der Waals surface area contributed by atoms with Gasteiger partial charge in [0.25, 0.3) is 11.8 Å². The van der Waals surface area contributed by atoms with Crippen molar-refractivity contribution in [3.05, 3.63) is 70.4 Å². The molecule has 2 aliphatic heterocycles. The number of amides is 2. The van der Waals surface area contributed by atoms with E-state index in [1.54, 1.807) is 0 Å². The first-order valence-corrected chi connectivity index (χ1v) is 9.56. The molecule has 27 heavy (non-hydrogen) atoms. The summed E-state index contributed by atoms with van der Waals surface area (Å²) in [6.07, 6.45) is 1.64. The molecule has 2 heterocycles. The number of aryl methyl sites for hydroxylation is 2. The number of benzene rings is 2. The van der Waals surface area contributed by atoms with Gasteiger partial charge in [0, 0.05) is 18.8 Å². The van der Waals surface area contributed by atoms with Gasteiger partial charge in [0.2, 0.25) is 0 Å². The van der Waals surface area contributed by atoms with Gasteiger partial charge in [0.05, 0.1) is 5.57 Å². The zero-order valence-electron chi connectivity index (χ0n) is 16.1. The first-order chi connectivity index (χ1) is 13.0. The number of imide groups is 1. The van der Waals surface area contributed by atoms with Gasteiger partial charge in [-0.2, -0.15) is 0 Å². The van der Waals surface area contributed by atoms with Crippen LogP contribution in [0.2, 0.25) is 0 Å². The lowest BCUT2D eigenvalue weighted by molar-refractivity contribution is -0.136. The van der Waals surface area contributed by atoms with E-state index < -0.39 is 0 Å². The van der Waals surface area contributed by atoms with E-state index in [0.29, 0.717) is 17.8 Å². The van der Waals surface area contributed by atoms with Gasteiger partial charge >= 0.3 is 0 Å². The highest BCUT2D eigenvalue weighted by atomic mass is 16.2. The van der Waals surface area contributed by atoms with Gasteiger partial charge in [0.15, 0.2) is 0 Å². The molecule has 0 saturated carbocycles. The van der Waals surface area contributed by atoms with Crippen LogP contribution in [0.15, 0.2) is 48.2 Å². The van der Waals surface area contributed by atoms with Gasteiger partial charge in [0.1, 0.15) is 5.70 Å². The second-order valence-electron chi connectivity index (χ2n) is 7.31. The van der Waals surface area contributed by atoms with Crippen molar-refractivity contribution in [1.29, 1.82) is 0 Å². The highest BCUT2D eigenvalue weighted by Crippen LogP contribution is 2.38. The molecule has 2 aliphatic rings. The van der Waals surface area contributed by atoms with E-state index in [2.05, 4.69) is 13.0 Å². The Morgan fingerprint density at radius 3 is 2.48 bits per heavy atom. The summed E-state index contributed by atoms with van der Waals surface area (Å²) >= 11 is 0. The molecule has 4 rings (SSSR count). The van der Waals surface area contributed by atoms with E-state index in [1.807, 2.05) is 55.1 Å². The topological polar surface area (TPSA) is 40.6 Å². The highest BCUT2D eigenvalue weighted by Gasteiger charge is 2.42. The average Bonchev–Trinajstić information content (AvgIpc) is 3.18. The lowest BCUT2D eigenvalue weighted by Crippen LogP contribution is -2.35. The minimum absolute atomic E-state index is 0.174. The molecule has 0 saturated heterocycles. The number of nitrogens with zero attached hydrogens (tertiary/aromatic N) is 2. The summed E-state index contributed by atoms with van der Waals surface area (Å²) in [5.74, 6) is -0.351. The molecule has 0 unspecified atom stereocenters. The van der Waals surface area contributed by atoms with Crippen LogP contribution in [0.3, 0.4) is 0 Å². The molecule has 2 amide bonds. The van der Waals surface area contributed by atoms with E-state index in [0.717, 1.165) is 36.2 Å². The maximum absolute atomic E-state index is 13.2. The molecular weight excluding hydrogens is 336 g/mol. The van der Waals surface area contributed by atoms with Crippen LogP contribution in [-0.2, 0) is 16.0 Å². The second kappa shape index (κ2) is 6.69. The molecule has 4 nitrogen and oxygen atoms in total. The van der Waals surface area contributed by atoms with E-state index >= 15 is 0 Å². The van der Waals surface area contributed by atoms with Gasteiger partial charge in [-0.1, -0.05) is 43.3 Å². The van der Waals surface area contributed by atoms with Crippen LogP contribution in [0.4, 0.5) is 5.69 Å². The minimum atomic E-state index is -0.176. The third kappa shape index (κ3) is 2.76. The monoisotopic (exact) mass is 360 g/mol. The summed E-state index contributed by atoms with van der Waals surface area (Å²) < 4.78 is 0. The van der Waals surface area contributed by atoms with Gasteiger partial charge < -0.3 is 4.90 Å². The van der Waals surface area contributed by atoms with Crippen molar-refractivity contribution in [3.63, 3.8) is 0 Å². The number of para-hydroxylation sites is 1. The van der Waals surface area contributed by atoms with Crippen LogP contribution in [-0.4, -0.2) is 29.8 Å². The smallest absolute Gasteiger partial charge is 0.278 e. The predicted molar refractivity (Wildman–Crippen MR) is 107 cm³/mol. The molecule has 0 aliphatic carbocycles. The Hall–Kier alpha value is -2.88. The Balaban J connectivity index is 1.89. The highest BCUT2D eigenvalue weighted by molar-refractivity contribution is 6.36. The van der Waals surface area contributed by atoms with Crippen LogP contribution >= 0.6 is 0 Å². The Labute approximate surface area is 160 Å². The number of hydrogen-bond donors (Lipinski definition) is 0. The van der Waals surface area contributed by atoms with Crippen molar-refractivity contribution < 1.29 is 9.59 Å². The Morgan fingerprint density at radius 2 is 1.74 bits per heavy atom. The minimum Gasteiger partial charge on any atom is -0.336 e. The van der Waals surface area contributed by atoms with Gasteiger partial charge in [-0.25, -0.2) is 0 Å². The van der Waals surface area contributed by atoms with E-state index in [-0.39, 0.29) is 11.8 Å². The van der Waals surface area contributed by atoms with Crippen LogP contribution in [0, 0.1) is 13.8 Å². The normalized spacial score (nSPS) is 16.6. The fraction of sp³-hybridized carbons (Fsp3) is 0.304. The number of hydrogen-bond acceptors (Lipinski definition) is 3. The lowest BCUT2D eigenvalue weighted by Gasteiger charge is -2.21. The maximum atomic E-state index is 13.2. The molecule has 0 radical (unpaired) electrons. The first kappa shape index (κ1) is 17.5. The van der Waals surface area contributed by atoms with Gasteiger partial charge in [-0.05, 0) is 55.0 Å². The van der Waals surface area contributed by atoms with Crippen molar-refractivity contribution >= 4 is 23.1 Å². The van der Waals surface area contributed by atoms with Crippen molar-refractivity contribution in [1.82, 2.24) is 4.90 Å². The summed E-state index contributed by atoms with van der Waals surface area (Å²) in [6.45, 7) is 7.25. The molecule has 2 aromatic rings. The molecule has 138 valence electrons. The molecule has 0 bridgehead atoms. The Kier molecular flexibility index (Phi) is 4.34. The number of anilines is 1. The van der Waals surface area contributed by atoms with Crippen LogP contribution in [0.5, 0.6) is 0 Å². The summed E-state index contributed by atoms with van der Waals surface area (Å²) in [6, 6.07) is 14.1. The van der Waals surface area contributed by atoms with Crippen LogP contribution in [0.25, 0.3) is 5.57 Å². The number of carbonyl (C=O) groups is 2. The van der Waals surface area contributed by atoms with Crippen LogP contribution < -0.4 is 4.90 Å². The fourth-order valence-corrected chi connectivity index (χ4v) is 3.97. The average molecular weight is 360 g/mol. The van der Waals surface area contributed by atoms with Crippen LogP contribution in [0.1, 0.15) is 35.6 Å². The summed E-state index contributed by atoms with van der Waals surface area (Å²) in [7, 11) is 0. The third-order valence-electron chi connectivity index (χ3n) is 5.54. The van der Waals surface area contributed by atoms with Gasteiger partial charge in [-0.15, -0.1) is 0 Å². The molecule has 4 heteroatoms. The van der Waals surface area contributed by atoms with Crippen molar-refractivity contribution in [2.75, 3.05) is 18.0 Å². The Bertz CT molecular complexity index is 974. The van der Waals surface area contributed by atoms with Gasteiger partial charge in [-0.3, -0.25) is 14.5 Å². The quantitative estimate of drug-likeness (QED) is 0.778. The largest absolute Gasteiger partial charge is 0.336 e. The number of rotatable bonds is 4. The second-order valence-corrected chi connectivity index (χ2v) is 7.31. The molecule has 2 aromatic carbocycles. The standard InChI is InChI=1S/C23H24N2O2/c1-4-12-25-22(26)20(18-10-9-15(2)16(3)14-18)21(23(25)27)24-13-11-17-7-5-6-8-19(17)24/h5-10,14H,4,11-13H2,1-3H3. The third-order valence-corrected chi connectivity index (χ3v) is 5.54. The lowest BCUT2D eigenvalue weighted by atomic mass is 9.99. The zero-order chi connectivity index (χ0) is 19.1. The molecular formula is C23H24N2O2. The van der Waals surface area contributed by atoms with E-state index in [4.69, 9.17) is 0 Å². The fourth-order valence-electron chi connectivity index (χ4n) is 3.97. The van der Waals surface area contributed by atoms with Crippen molar-refractivity contribution in [2.45, 2.75) is 33.6 Å². The molecule has 0 N–H and O–H groups in total. The maximum Gasteiger partial charge on any atom is 0.278 e. The first-order valence-electron chi connectivity index (χ1n) is 9.56. The van der Waals surface area contributed by atoms with E-state index in [1.165, 1.54) is 16.0 Å². The van der Waals surface area contributed by atoms with Crippen molar-refractivity contribution in [2.24, 2.45) is 0 Å². The van der Waals surface area contributed by atoms with E-state index in [9.17, 15) is 9.59 Å².